The van der Waals surface area contributed by atoms with E-state index in [1.807, 2.05) is 18.2 Å². The van der Waals surface area contributed by atoms with Crippen LogP contribution in [0.1, 0.15) is 28.8 Å². The van der Waals surface area contributed by atoms with Gasteiger partial charge in [-0.25, -0.2) is 0 Å². The first-order chi connectivity index (χ1) is 13.0. The number of ether oxygens (including phenoxy) is 2. The lowest BCUT2D eigenvalue weighted by Gasteiger charge is -2.10. The second-order valence-electron chi connectivity index (χ2n) is 5.68. The maximum Gasteiger partial charge on any atom is 0.306 e. The average molecular weight is 390 g/mol. The van der Waals surface area contributed by atoms with E-state index >= 15 is 0 Å². The van der Waals surface area contributed by atoms with E-state index in [-0.39, 0.29) is 25.2 Å². The Morgan fingerprint density at radius 2 is 1.70 bits per heavy atom. The molecule has 27 heavy (non-hydrogen) atoms. The van der Waals surface area contributed by atoms with Crippen molar-refractivity contribution in [2.75, 3.05) is 13.7 Å². The summed E-state index contributed by atoms with van der Waals surface area (Å²) >= 11 is 5.77. The topological polar surface area (TPSA) is 81.7 Å². The third kappa shape index (κ3) is 6.75. The Bertz CT molecular complexity index is 804. The predicted octanol–water partition coefficient (Wildman–Crippen LogP) is 3.17. The summed E-state index contributed by atoms with van der Waals surface area (Å²) < 4.78 is 10.1. The van der Waals surface area contributed by atoms with Gasteiger partial charge in [-0.2, -0.15) is 0 Å². The molecule has 0 bridgehead atoms. The molecule has 6 nitrogen and oxygen atoms in total. The molecular weight excluding hydrogens is 370 g/mol. The highest BCUT2D eigenvalue weighted by molar-refractivity contribution is 6.30. The van der Waals surface area contributed by atoms with Crippen LogP contribution in [0.3, 0.4) is 0 Å². The number of carbonyl (C=O) groups is 3. The van der Waals surface area contributed by atoms with E-state index in [4.69, 9.17) is 21.1 Å². The van der Waals surface area contributed by atoms with Gasteiger partial charge < -0.3 is 14.8 Å². The zero-order chi connectivity index (χ0) is 19.6. The third-order valence-corrected chi connectivity index (χ3v) is 4.01. The number of rotatable bonds is 9. The normalized spacial score (nSPS) is 10.1. The summed E-state index contributed by atoms with van der Waals surface area (Å²) in [6.45, 7) is -0.140. The largest absolute Gasteiger partial charge is 0.496 e. The van der Waals surface area contributed by atoms with Crippen molar-refractivity contribution in [3.05, 3.63) is 64.7 Å². The summed E-state index contributed by atoms with van der Waals surface area (Å²) in [6.07, 6.45) is -0.0927. The lowest BCUT2D eigenvalue weighted by Crippen LogP contribution is -2.28. The van der Waals surface area contributed by atoms with E-state index in [0.29, 0.717) is 16.3 Å². The van der Waals surface area contributed by atoms with Crippen molar-refractivity contribution < 1.29 is 23.9 Å². The van der Waals surface area contributed by atoms with Crippen molar-refractivity contribution in [3.63, 3.8) is 0 Å². The average Bonchev–Trinajstić information content (AvgIpc) is 2.69. The number of para-hydroxylation sites is 1. The van der Waals surface area contributed by atoms with Crippen LogP contribution in [0, 0.1) is 0 Å². The number of amides is 1. The van der Waals surface area contributed by atoms with E-state index in [1.54, 1.807) is 37.4 Å². The number of nitrogens with one attached hydrogen (secondary N) is 1. The van der Waals surface area contributed by atoms with Crippen molar-refractivity contribution in [2.24, 2.45) is 0 Å². The molecule has 0 spiro atoms. The molecule has 0 saturated heterocycles. The van der Waals surface area contributed by atoms with Crippen LogP contribution in [0.4, 0.5) is 0 Å². The van der Waals surface area contributed by atoms with Gasteiger partial charge in [-0.1, -0.05) is 29.8 Å². The van der Waals surface area contributed by atoms with Gasteiger partial charge >= 0.3 is 5.97 Å². The number of hydrogen-bond donors (Lipinski definition) is 1. The van der Waals surface area contributed by atoms with Gasteiger partial charge in [0.15, 0.2) is 12.4 Å². The number of Topliss-reactive ketones (excluding diaryl/α,β-unsaturated/α-hetero) is 1. The second-order valence-corrected chi connectivity index (χ2v) is 6.12. The highest BCUT2D eigenvalue weighted by Crippen LogP contribution is 2.16. The first-order valence-electron chi connectivity index (χ1n) is 8.32. The molecule has 7 heteroatoms. The number of esters is 1. The van der Waals surface area contributed by atoms with E-state index in [1.165, 1.54) is 0 Å². The molecule has 142 valence electrons. The summed E-state index contributed by atoms with van der Waals surface area (Å²) in [4.78, 5) is 35.5. The highest BCUT2D eigenvalue weighted by Gasteiger charge is 2.12. The van der Waals surface area contributed by atoms with Gasteiger partial charge in [-0.3, -0.25) is 14.4 Å². The first kappa shape index (κ1) is 20.5. The van der Waals surface area contributed by atoms with Crippen molar-refractivity contribution in [1.82, 2.24) is 5.32 Å². The van der Waals surface area contributed by atoms with Gasteiger partial charge in [0.05, 0.1) is 13.5 Å². The summed E-state index contributed by atoms with van der Waals surface area (Å²) in [5, 5.41) is 3.18. The number of hydrogen-bond acceptors (Lipinski definition) is 5. The second kappa shape index (κ2) is 10.3. The standard InChI is InChI=1S/C20H20ClNO5/c1-26-18-5-3-2-4-15(18)12-22-19(24)13-27-20(25)11-10-17(23)14-6-8-16(21)9-7-14/h2-9H,10-13H2,1H3,(H,22,24). The van der Waals surface area contributed by atoms with Crippen molar-refractivity contribution in [2.45, 2.75) is 19.4 Å². The Kier molecular flexibility index (Phi) is 7.82. The molecule has 1 N–H and O–H groups in total. The van der Waals surface area contributed by atoms with Crippen LogP contribution < -0.4 is 10.1 Å². The zero-order valence-corrected chi connectivity index (χ0v) is 15.6. The molecule has 0 saturated carbocycles. The van der Waals surface area contributed by atoms with Gasteiger partial charge in [0.2, 0.25) is 0 Å². The lowest BCUT2D eigenvalue weighted by atomic mass is 10.1. The third-order valence-electron chi connectivity index (χ3n) is 3.76. The molecule has 0 aliphatic heterocycles. The predicted molar refractivity (Wildman–Crippen MR) is 101 cm³/mol. The van der Waals surface area contributed by atoms with Crippen molar-refractivity contribution in [3.8, 4) is 5.75 Å². The smallest absolute Gasteiger partial charge is 0.306 e. The van der Waals surface area contributed by atoms with Crippen LogP contribution in [0.25, 0.3) is 0 Å². The lowest BCUT2D eigenvalue weighted by molar-refractivity contribution is -0.148. The molecule has 0 atom stereocenters. The van der Waals surface area contributed by atoms with Crippen LogP contribution in [0.15, 0.2) is 48.5 Å². The van der Waals surface area contributed by atoms with Gasteiger partial charge in [-0.15, -0.1) is 0 Å². The number of methoxy groups -OCH3 is 1. The van der Waals surface area contributed by atoms with E-state index in [2.05, 4.69) is 5.32 Å². The van der Waals surface area contributed by atoms with Crippen LogP contribution in [0.2, 0.25) is 5.02 Å². The molecule has 2 aromatic carbocycles. The maximum atomic E-state index is 12.0. The Morgan fingerprint density at radius 1 is 1.00 bits per heavy atom. The summed E-state index contributed by atoms with van der Waals surface area (Å²) in [6, 6.07) is 13.7. The molecular formula is C20H20ClNO5. The molecule has 2 aromatic rings. The number of carbonyl (C=O) groups excluding carboxylic acids is 3. The molecule has 0 aliphatic carbocycles. The van der Waals surface area contributed by atoms with E-state index in [0.717, 1.165) is 5.56 Å². The summed E-state index contributed by atoms with van der Waals surface area (Å²) in [5.41, 5.74) is 1.29. The highest BCUT2D eigenvalue weighted by atomic mass is 35.5. The van der Waals surface area contributed by atoms with Crippen LogP contribution in [-0.4, -0.2) is 31.4 Å². The van der Waals surface area contributed by atoms with Gasteiger partial charge in [-0.05, 0) is 30.3 Å². The Hall–Kier alpha value is -2.86. The number of ketones is 1. The molecule has 0 radical (unpaired) electrons. The fraction of sp³-hybridized carbons (Fsp3) is 0.250. The molecule has 0 fully saturated rings. The van der Waals surface area contributed by atoms with Crippen molar-refractivity contribution in [1.29, 1.82) is 0 Å². The van der Waals surface area contributed by atoms with Gasteiger partial charge in [0.25, 0.3) is 5.91 Å². The molecule has 0 aliphatic rings. The number of halogens is 1. The van der Waals surface area contributed by atoms with Gasteiger partial charge in [0.1, 0.15) is 5.75 Å². The Balaban J connectivity index is 1.69. The van der Waals surface area contributed by atoms with E-state index in [9.17, 15) is 14.4 Å². The maximum absolute atomic E-state index is 12.0. The monoisotopic (exact) mass is 389 g/mol. The molecule has 1 amide bonds. The zero-order valence-electron chi connectivity index (χ0n) is 14.9. The minimum atomic E-state index is -0.607. The molecule has 2 rings (SSSR count). The first-order valence-corrected chi connectivity index (χ1v) is 8.70. The fourth-order valence-corrected chi connectivity index (χ4v) is 2.43. The SMILES string of the molecule is COc1ccccc1CNC(=O)COC(=O)CCC(=O)c1ccc(Cl)cc1. The van der Waals surface area contributed by atoms with Crippen molar-refractivity contribution >= 4 is 29.3 Å². The van der Waals surface area contributed by atoms with Crippen LogP contribution in [0.5, 0.6) is 5.75 Å². The minimum Gasteiger partial charge on any atom is -0.496 e. The Morgan fingerprint density at radius 3 is 2.41 bits per heavy atom. The Labute approximate surface area is 162 Å². The molecule has 0 unspecified atom stereocenters. The fourth-order valence-electron chi connectivity index (χ4n) is 2.31. The van der Waals surface area contributed by atoms with Gasteiger partial charge in [0, 0.05) is 29.1 Å². The van der Waals surface area contributed by atoms with E-state index < -0.39 is 18.5 Å². The quantitative estimate of drug-likeness (QED) is 0.526. The summed E-state index contributed by atoms with van der Waals surface area (Å²) in [5.74, 6) is -0.567. The van der Waals surface area contributed by atoms with Crippen LogP contribution >= 0.6 is 11.6 Å². The summed E-state index contributed by atoms with van der Waals surface area (Å²) in [7, 11) is 1.55. The molecule has 0 heterocycles. The molecule has 0 aromatic heterocycles. The minimum absolute atomic E-state index is 0.00327. The number of benzene rings is 2. The van der Waals surface area contributed by atoms with Crippen LogP contribution in [-0.2, 0) is 20.9 Å².